The van der Waals surface area contributed by atoms with Crippen molar-refractivity contribution in [1.29, 1.82) is 0 Å². The van der Waals surface area contributed by atoms with Crippen molar-refractivity contribution in [3.8, 4) is 5.75 Å². The third kappa shape index (κ3) is 4.16. The molecule has 3 amide bonds. The van der Waals surface area contributed by atoms with Crippen LogP contribution >= 0.6 is 12.4 Å². The van der Waals surface area contributed by atoms with Crippen LogP contribution in [0.15, 0.2) is 18.2 Å². The van der Waals surface area contributed by atoms with Gasteiger partial charge in [-0.2, -0.15) is 0 Å². The van der Waals surface area contributed by atoms with Crippen LogP contribution in [0.25, 0.3) is 0 Å². The van der Waals surface area contributed by atoms with Crippen molar-refractivity contribution >= 4 is 30.0 Å². The number of anilines is 1. The Morgan fingerprint density at radius 1 is 1.36 bits per heavy atom. The van der Waals surface area contributed by atoms with Gasteiger partial charge in [-0.05, 0) is 37.1 Å². The summed E-state index contributed by atoms with van der Waals surface area (Å²) in [7, 11) is 1.56. The van der Waals surface area contributed by atoms with E-state index < -0.39 is 0 Å². The Bertz CT molecular complexity index is 640. The van der Waals surface area contributed by atoms with Crippen LogP contribution < -0.4 is 25.6 Å². The van der Waals surface area contributed by atoms with Crippen molar-refractivity contribution < 1.29 is 14.3 Å². The highest BCUT2D eigenvalue weighted by molar-refractivity contribution is 6.00. The molecule has 3 N–H and O–H groups in total. The van der Waals surface area contributed by atoms with Crippen LogP contribution in [-0.2, 0) is 0 Å². The van der Waals surface area contributed by atoms with E-state index >= 15 is 0 Å². The number of halogens is 1. The zero-order valence-corrected chi connectivity index (χ0v) is 15.3. The van der Waals surface area contributed by atoms with Gasteiger partial charge in [-0.25, -0.2) is 4.79 Å². The van der Waals surface area contributed by atoms with Crippen LogP contribution in [0.2, 0.25) is 0 Å². The Kier molecular flexibility index (Phi) is 6.50. The number of rotatable bonds is 4. The molecule has 1 aromatic carbocycles. The fourth-order valence-corrected chi connectivity index (χ4v) is 3.18. The average Bonchev–Trinajstić information content (AvgIpc) is 3.02. The minimum atomic E-state index is -0.170. The monoisotopic (exact) mass is 368 g/mol. The van der Waals surface area contributed by atoms with Crippen LogP contribution in [0.3, 0.4) is 0 Å². The fourth-order valence-electron chi connectivity index (χ4n) is 3.18. The van der Waals surface area contributed by atoms with Gasteiger partial charge in [-0.1, -0.05) is 6.92 Å². The largest absolute Gasteiger partial charge is 0.495 e. The van der Waals surface area contributed by atoms with Gasteiger partial charge in [-0.3, -0.25) is 9.69 Å². The lowest BCUT2D eigenvalue weighted by Gasteiger charge is -2.30. The normalized spacial score (nSPS) is 22.8. The summed E-state index contributed by atoms with van der Waals surface area (Å²) in [6.45, 7) is 5.07. The molecule has 2 saturated heterocycles. The summed E-state index contributed by atoms with van der Waals surface area (Å²) in [5.74, 6) is 0.896. The number of carbonyl (C=O) groups excluding carboxylic acids is 2. The maximum absolute atomic E-state index is 12.6. The number of ether oxygens (including phenoxy) is 1. The molecule has 2 atom stereocenters. The summed E-state index contributed by atoms with van der Waals surface area (Å²) in [5.41, 5.74) is 1.15. The third-order valence-corrected chi connectivity index (χ3v) is 4.73. The van der Waals surface area contributed by atoms with Gasteiger partial charge in [0.25, 0.3) is 5.91 Å². The lowest BCUT2D eigenvalue weighted by molar-refractivity contribution is 0.0915. The molecule has 2 aliphatic heterocycles. The molecular weight excluding hydrogens is 344 g/mol. The molecule has 0 radical (unpaired) electrons. The molecule has 0 spiro atoms. The highest BCUT2D eigenvalue weighted by Crippen LogP contribution is 2.30. The summed E-state index contributed by atoms with van der Waals surface area (Å²) in [5, 5.41) is 9.16. The molecule has 0 aromatic heterocycles. The Morgan fingerprint density at radius 2 is 2.16 bits per heavy atom. The van der Waals surface area contributed by atoms with Crippen LogP contribution in [0.1, 0.15) is 23.7 Å². The first kappa shape index (κ1) is 19.3. The van der Waals surface area contributed by atoms with Crippen LogP contribution in [-0.4, -0.2) is 51.3 Å². The molecule has 25 heavy (non-hydrogen) atoms. The van der Waals surface area contributed by atoms with Gasteiger partial charge in [0.2, 0.25) is 0 Å². The summed E-state index contributed by atoms with van der Waals surface area (Å²) < 4.78 is 5.34. The minimum absolute atomic E-state index is 0. The molecule has 2 aliphatic rings. The summed E-state index contributed by atoms with van der Waals surface area (Å²) >= 11 is 0. The topological polar surface area (TPSA) is 82.7 Å². The average molecular weight is 369 g/mol. The predicted octanol–water partition coefficient (Wildman–Crippen LogP) is 1.37. The number of amides is 3. The van der Waals surface area contributed by atoms with E-state index in [1.54, 1.807) is 30.2 Å². The molecule has 8 heteroatoms. The maximum Gasteiger partial charge on any atom is 0.322 e. The van der Waals surface area contributed by atoms with Crippen molar-refractivity contribution in [2.24, 2.45) is 5.92 Å². The van der Waals surface area contributed by atoms with E-state index in [0.29, 0.717) is 36.0 Å². The quantitative estimate of drug-likeness (QED) is 0.749. The molecular formula is C17H25ClN4O3. The van der Waals surface area contributed by atoms with E-state index in [-0.39, 0.29) is 30.4 Å². The van der Waals surface area contributed by atoms with Gasteiger partial charge in [0.1, 0.15) is 5.75 Å². The van der Waals surface area contributed by atoms with E-state index in [2.05, 4.69) is 22.9 Å². The van der Waals surface area contributed by atoms with Gasteiger partial charge < -0.3 is 20.7 Å². The first-order valence-corrected chi connectivity index (χ1v) is 8.35. The first-order chi connectivity index (χ1) is 11.6. The van der Waals surface area contributed by atoms with E-state index in [4.69, 9.17) is 4.74 Å². The molecule has 3 rings (SSSR count). The molecule has 138 valence electrons. The smallest absolute Gasteiger partial charge is 0.322 e. The number of nitrogens with zero attached hydrogens (tertiary/aromatic N) is 1. The van der Waals surface area contributed by atoms with E-state index in [0.717, 1.165) is 19.5 Å². The number of methoxy groups -OCH3 is 1. The lowest BCUT2D eigenvalue weighted by Crippen LogP contribution is -2.50. The predicted molar refractivity (Wildman–Crippen MR) is 98.9 cm³/mol. The molecule has 2 unspecified atom stereocenters. The number of nitrogens with one attached hydrogen (secondary N) is 3. The summed E-state index contributed by atoms with van der Waals surface area (Å²) in [6.07, 6.45) is 1.05. The Hall–Kier alpha value is -1.99. The van der Waals surface area contributed by atoms with Crippen molar-refractivity contribution in [3.05, 3.63) is 23.8 Å². The van der Waals surface area contributed by atoms with E-state index in [9.17, 15) is 9.59 Å². The van der Waals surface area contributed by atoms with Gasteiger partial charge in [0.15, 0.2) is 0 Å². The maximum atomic E-state index is 12.6. The molecule has 0 bridgehead atoms. The Balaban J connectivity index is 0.00000225. The molecule has 0 saturated carbocycles. The van der Waals surface area contributed by atoms with Crippen molar-refractivity contribution in [1.82, 2.24) is 16.0 Å². The molecule has 2 fully saturated rings. The Labute approximate surface area is 153 Å². The van der Waals surface area contributed by atoms with Crippen molar-refractivity contribution in [2.45, 2.75) is 19.4 Å². The second-order valence-corrected chi connectivity index (χ2v) is 6.32. The summed E-state index contributed by atoms with van der Waals surface area (Å²) in [4.78, 5) is 26.1. The molecule has 0 aliphatic carbocycles. The number of hydrogen-bond donors (Lipinski definition) is 3. The Morgan fingerprint density at radius 3 is 2.80 bits per heavy atom. The second-order valence-electron chi connectivity index (χ2n) is 6.32. The van der Waals surface area contributed by atoms with Crippen LogP contribution in [0, 0.1) is 5.92 Å². The fraction of sp³-hybridized carbons (Fsp3) is 0.529. The standard InChI is InChI=1S/C17H24N4O3.ClH/c1-11-5-6-18-10-13(11)20-16(22)12-3-4-15(24-2)14(9-12)21-8-7-19-17(21)23;/h3-4,9,11,13,18H,5-8,10H2,1-2H3,(H,19,23)(H,20,22);1H. The van der Waals surface area contributed by atoms with Gasteiger partial charge >= 0.3 is 6.03 Å². The summed E-state index contributed by atoms with van der Waals surface area (Å²) in [6, 6.07) is 5.13. The van der Waals surface area contributed by atoms with E-state index in [1.807, 2.05) is 0 Å². The van der Waals surface area contributed by atoms with Gasteiger partial charge in [0, 0.05) is 31.2 Å². The number of benzene rings is 1. The van der Waals surface area contributed by atoms with Crippen molar-refractivity contribution in [2.75, 3.05) is 38.2 Å². The SMILES string of the molecule is COc1ccc(C(=O)NC2CNCCC2C)cc1N1CCNC1=O.Cl. The van der Waals surface area contributed by atoms with Gasteiger partial charge in [0.05, 0.1) is 12.8 Å². The lowest BCUT2D eigenvalue weighted by atomic mass is 9.94. The first-order valence-electron chi connectivity index (χ1n) is 8.35. The molecule has 7 nitrogen and oxygen atoms in total. The van der Waals surface area contributed by atoms with Crippen molar-refractivity contribution in [3.63, 3.8) is 0 Å². The number of urea groups is 1. The number of carbonyl (C=O) groups is 2. The number of hydrogen-bond acceptors (Lipinski definition) is 4. The van der Waals surface area contributed by atoms with Crippen LogP contribution in [0.5, 0.6) is 5.75 Å². The number of piperidine rings is 1. The minimum Gasteiger partial charge on any atom is -0.495 e. The second kappa shape index (κ2) is 8.40. The zero-order chi connectivity index (χ0) is 17.1. The van der Waals surface area contributed by atoms with Gasteiger partial charge in [-0.15, -0.1) is 12.4 Å². The highest BCUT2D eigenvalue weighted by atomic mass is 35.5. The third-order valence-electron chi connectivity index (χ3n) is 4.73. The molecule has 2 heterocycles. The highest BCUT2D eigenvalue weighted by Gasteiger charge is 2.27. The van der Waals surface area contributed by atoms with Crippen LogP contribution in [0.4, 0.5) is 10.5 Å². The molecule has 1 aromatic rings. The zero-order valence-electron chi connectivity index (χ0n) is 14.5. The van der Waals surface area contributed by atoms with E-state index in [1.165, 1.54) is 0 Å².